The van der Waals surface area contributed by atoms with Crippen LogP contribution in [0.4, 0.5) is 11.4 Å². The van der Waals surface area contributed by atoms with Gasteiger partial charge >= 0.3 is 0 Å². The molecule has 2 aliphatic rings. The number of halogens is 1. The summed E-state index contributed by atoms with van der Waals surface area (Å²) in [4.78, 5) is 14.2. The van der Waals surface area contributed by atoms with Crippen LogP contribution < -0.4 is 9.62 Å². The summed E-state index contributed by atoms with van der Waals surface area (Å²) >= 11 is 6.10. The normalized spacial score (nSPS) is 16.4. The Labute approximate surface area is 158 Å². The molecule has 0 unspecified atom stereocenters. The quantitative estimate of drug-likeness (QED) is 0.869. The van der Waals surface area contributed by atoms with Gasteiger partial charge in [0, 0.05) is 18.0 Å². The zero-order chi connectivity index (χ0) is 18.5. The van der Waals surface area contributed by atoms with Gasteiger partial charge in [0.15, 0.2) is 0 Å². The summed E-state index contributed by atoms with van der Waals surface area (Å²) in [6, 6.07) is 8.54. The molecule has 2 heterocycles. The number of sulfonamides is 1. The van der Waals surface area contributed by atoms with Gasteiger partial charge in [0.05, 0.1) is 16.3 Å². The Morgan fingerprint density at radius 2 is 1.85 bits per heavy atom. The molecule has 0 saturated heterocycles. The lowest BCUT2D eigenvalue weighted by molar-refractivity contribution is -0.119. The molecule has 7 heteroatoms. The molecule has 2 aliphatic heterocycles. The van der Waals surface area contributed by atoms with Crippen molar-refractivity contribution >= 4 is 38.9 Å². The monoisotopic (exact) mass is 390 g/mol. The minimum absolute atomic E-state index is 0.127. The van der Waals surface area contributed by atoms with Crippen molar-refractivity contribution in [2.24, 2.45) is 0 Å². The van der Waals surface area contributed by atoms with Crippen molar-refractivity contribution in [2.75, 3.05) is 16.2 Å². The van der Waals surface area contributed by atoms with Crippen LogP contribution in [0.15, 0.2) is 35.2 Å². The fourth-order valence-electron chi connectivity index (χ4n) is 3.70. The van der Waals surface area contributed by atoms with Gasteiger partial charge in [-0.25, -0.2) is 8.42 Å². The summed E-state index contributed by atoms with van der Waals surface area (Å²) in [7, 11) is -3.74. The summed E-state index contributed by atoms with van der Waals surface area (Å²) in [5.74, 6) is 0.127. The molecule has 2 aromatic carbocycles. The third-order valence-electron chi connectivity index (χ3n) is 5.07. The zero-order valence-corrected chi connectivity index (χ0v) is 16.0. The van der Waals surface area contributed by atoms with E-state index >= 15 is 0 Å². The maximum atomic E-state index is 12.9. The van der Waals surface area contributed by atoms with Gasteiger partial charge in [-0.1, -0.05) is 17.7 Å². The largest absolute Gasteiger partial charge is 0.312 e. The number of amides is 1. The number of benzene rings is 2. The summed E-state index contributed by atoms with van der Waals surface area (Å²) in [5, 5.41) is 0.514. The number of anilines is 2. The first-order valence-electron chi connectivity index (χ1n) is 8.61. The molecule has 5 nitrogen and oxygen atoms in total. The fraction of sp³-hybridized carbons (Fsp3) is 0.316. The molecular weight excluding hydrogens is 372 g/mol. The van der Waals surface area contributed by atoms with Gasteiger partial charge in [0.2, 0.25) is 5.91 Å². The Hall–Kier alpha value is -2.05. The van der Waals surface area contributed by atoms with Gasteiger partial charge in [-0.2, -0.15) is 0 Å². The molecular formula is C19H19ClN2O3S. The number of aryl methyl sites for hydroxylation is 2. The second kappa shape index (κ2) is 6.28. The maximum absolute atomic E-state index is 12.9. The molecule has 4 rings (SSSR count). The van der Waals surface area contributed by atoms with Gasteiger partial charge in [-0.15, -0.1) is 0 Å². The first-order chi connectivity index (χ1) is 12.4. The molecule has 0 bridgehead atoms. The fourth-order valence-corrected chi connectivity index (χ4v) is 5.10. The van der Waals surface area contributed by atoms with E-state index < -0.39 is 10.0 Å². The standard InChI is InChI=1S/C19H19ClN2O3S/c1-12-16(20)5-2-6-17(12)21-26(24,25)15-10-13-4-3-9-22-18(23)8-7-14(11-15)19(13)22/h2,5-6,10-11,21H,3-4,7-9H2,1H3. The first kappa shape index (κ1) is 17.4. The predicted molar refractivity (Wildman–Crippen MR) is 102 cm³/mol. The molecule has 2 aromatic rings. The second-order valence-electron chi connectivity index (χ2n) is 6.76. The van der Waals surface area contributed by atoms with Crippen molar-refractivity contribution in [3.8, 4) is 0 Å². The number of carbonyl (C=O) groups is 1. The van der Waals surface area contributed by atoms with Crippen LogP contribution in [-0.2, 0) is 27.7 Å². The molecule has 1 N–H and O–H groups in total. The number of rotatable bonds is 3. The average Bonchev–Trinajstić information content (AvgIpc) is 2.62. The molecule has 0 fully saturated rings. The lowest BCUT2D eigenvalue weighted by atomic mass is 9.92. The summed E-state index contributed by atoms with van der Waals surface area (Å²) in [5.41, 5.74) is 3.95. The molecule has 1 amide bonds. The summed E-state index contributed by atoms with van der Waals surface area (Å²) < 4.78 is 28.5. The zero-order valence-electron chi connectivity index (χ0n) is 14.4. The Bertz CT molecular complexity index is 1000. The molecule has 0 aliphatic carbocycles. The lowest BCUT2D eigenvalue weighted by Gasteiger charge is -2.35. The van der Waals surface area contributed by atoms with Crippen LogP contribution in [0.1, 0.15) is 29.5 Å². The van der Waals surface area contributed by atoms with Crippen molar-refractivity contribution in [1.29, 1.82) is 0 Å². The Morgan fingerprint density at radius 1 is 1.12 bits per heavy atom. The van der Waals surface area contributed by atoms with E-state index in [2.05, 4.69) is 4.72 Å². The highest BCUT2D eigenvalue weighted by Gasteiger charge is 2.31. The topological polar surface area (TPSA) is 66.5 Å². The van der Waals surface area contributed by atoms with Crippen molar-refractivity contribution < 1.29 is 13.2 Å². The second-order valence-corrected chi connectivity index (χ2v) is 8.85. The number of hydrogen-bond donors (Lipinski definition) is 1. The third-order valence-corrected chi connectivity index (χ3v) is 6.83. The van der Waals surface area contributed by atoms with Gasteiger partial charge in [0.1, 0.15) is 0 Å². The molecule has 26 heavy (non-hydrogen) atoms. The van der Waals surface area contributed by atoms with E-state index in [1.807, 2.05) is 4.90 Å². The minimum Gasteiger partial charge on any atom is -0.312 e. The van der Waals surface area contributed by atoms with Crippen LogP contribution >= 0.6 is 11.6 Å². The molecule has 0 aromatic heterocycles. The Kier molecular flexibility index (Phi) is 4.20. The number of nitrogens with one attached hydrogen (secondary N) is 1. The van der Waals surface area contributed by atoms with Crippen LogP contribution in [0, 0.1) is 6.92 Å². The van der Waals surface area contributed by atoms with Crippen molar-refractivity contribution in [3.05, 3.63) is 52.0 Å². The number of hydrogen-bond acceptors (Lipinski definition) is 3. The van der Waals surface area contributed by atoms with E-state index in [9.17, 15) is 13.2 Å². The van der Waals surface area contributed by atoms with E-state index in [0.717, 1.165) is 29.7 Å². The molecule has 136 valence electrons. The highest BCUT2D eigenvalue weighted by atomic mass is 35.5. The molecule has 0 spiro atoms. The van der Waals surface area contributed by atoms with E-state index in [1.54, 1.807) is 37.3 Å². The Balaban J connectivity index is 1.76. The van der Waals surface area contributed by atoms with E-state index in [1.165, 1.54) is 0 Å². The Morgan fingerprint density at radius 3 is 2.62 bits per heavy atom. The van der Waals surface area contributed by atoms with Crippen molar-refractivity contribution in [2.45, 2.75) is 37.5 Å². The van der Waals surface area contributed by atoms with Crippen LogP contribution in [0.2, 0.25) is 5.02 Å². The van der Waals surface area contributed by atoms with E-state index in [0.29, 0.717) is 35.7 Å². The minimum atomic E-state index is -3.74. The van der Waals surface area contributed by atoms with E-state index in [4.69, 9.17) is 11.6 Å². The van der Waals surface area contributed by atoms with Crippen molar-refractivity contribution in [1.82, 2.24) is 0 Å². The summed E-state index contributed by atoms with van der Waals surface area (Å²) in [6.07, 6.45) is 2.64. The highest BCUT2D eigenvalue weighted by Crippen LogP contribution is 2.38. The first-order valence-corrected chi connectivity index (χ1v) is 10.5. The third kappa shape index (κ3) is 2.87. The molecule has 0 saturated carbocycles. The van der Waals surface area contributed by atoms with Gasteiger partial charge in [0.25, 0.3) is 10.0 Å². The van der Waals surface area contributed by atoms with Crippen LogP contribution in [0.5, 0.6) is 0 Å². The van der Waals surface area contributed by atoms with Gasteiger partial charge < -0.3 is 4.90 Å². The van der Waals surface area contributed by atoms with Crippen LogP contribution in [0.25, 0.3) is 0 Å². The van der Waals surface area contributed by atoms with Gasteiger partial charge in [-0.3, -0.25) is 9.52 Å². The predicted octanol–water partition coefficient (Wildman–Crippen LogP) is 3.67. The summed E-state index contributed by atoms with van der Waals surface area (Å²) in [6.45, 7) is 2.49. The average molecular weight is 391 g/mol. The van der Waals surface area contributed by atoms with Gasteiger partial charge in [-0.05, 0) is 67.1 Å². The SMILES string of the molecule is Cc1c(Cl)cccc1NS(=O)(=O)c1cc2c3c(c1)CCC(=O)N3CCC2. The lowest BCUT2D eigenvalue weighted by Crippen LogP contribution is -2.39. The smallest absolute Gasteiger partial charge is 0.261 e. The van der Waals surface area contributed by atoms with E-state index in [-0.39, 0.29) is 10.8 Å². The molecule has 0 atom stereocenters. The van der Waals surface area contributed by atoms with Crippen molar-refractivity contribution in [3.63, 3.8) is 0 Å². The van der Waals surface area contributed by atoms with Crippen LogP contribution in [-0.4, -0.2) is 20.9 Å². The highest BCUT2D eigenvalue weighted by molar-refractivity contribution is 7.92. The molecule has 0 radical (unpaired) electrons. The maximum Gasteiger partial charge on any atom is 0.261 e. The number of carbonyl (C=O) groups excluding carboxylic acids is 1. The number of nitrogens with zero attached hydrogens (tertiary/aromatic N) is 1. The van der Waals surface area contributed by atoms with Crippen LogP contribution in [0.3, 0.4) is 0 Å².